The molecule has 39 nitrogen and oxygen atoms in total. The fourth-order valence-corrected chi connectivity index (χ4v) is 0. The summed E-state index contributed by atoms with van der Waals surface area (Å²) in [6.45, 7) is 0. The van der Waals surface area contributed by atoms with Crippen LogP contribution in [0.1, 0.15) is 0 Å². The van der Waals surface area contributed by atoms with Gasteiger partial charge in [0.1, 0.15) is 0 Å². The minimum atomic E-state index is 0. The molecule has 0 amide bonds. The summed E-state index contributed by atoms with van der Waals surface area (Å²) < 4.78 is 0. The molecule has 59 heavy (non-hydrogen) atoms. The Hall–Kier alpha value is 19.3. The molecule has 0 aliphatic carbocycles. The molecule has 59 heteroatoms. The number of hydrogen-bond acceptors (Lipinski definition) is 0. The quantitative estimate of drug-likeness (QED) is 0.204. The molecule has 0 aromatic carbocycles. The molecule has 0 fully saturated rings. The SMILES string of the molecule is [K+].[K+].[K+].[K+].[K+].[K+].[K+].[K+].[O-2].[O-2].[O-2].[O-2].[O-2].[O-2].[O-2].[O-2].[O-2].[O-2].[O-2].[O-2].[O-2].[O-2].[O-2].[O-2].[O-2].[O-2].[O-2].[O-2].[O-2].[O-2].[O-2].[O-2].[O-2].[O-2].[O-2].[O-2].[O-2].[O-2].[O-2].[O-2].[O-2].[O-2].[O-2].[O-2].[O-2].[O-2].[O-2].[Si+4].[W].[W].[W].[W].[W].[W].[W].[W].[W].[W].[W]. The first-order valence-electron chi connectivity index (χ1n) is 0. The van der Waals surface area contributed by atoms with E-state index in [0.717, 1.165) is 0 Å². The van der Waals surface area contributed by atoms with E-state index in [1.54, 1.807) is 0 Å². The van der Waals surface area contributed by atoms with Crippen LogP contribution >= 0.6 is 0 Å². The van der Waals surface area contributed by atoms with E-state index < -0.39 is 0 Å². The summed E-state index contributed by atoms with van der Waals surface area (Å²) in [5, 5.41) is 0. The summed E-state index contributed by atoms with van der Waals surface area (Å²) in [6.07, 6.45) is 0. The maximum absolute atomic E-state index is 0. The van der Waals surface area contributed by atoms with Gasteiger partial charge in [0.15, 0.2) is 0 Å². The fourth-order valence-electron chi connectivity index (χ4n) is 0. The first-order chi connectivity index (χ1) is 0. The molecule has 0 radical (unpaired) electrons. The van der Waals surface area contributed by atoms with E-state index in [1.807, 2.05) is 0 Å². The molecule has 378 valence electrons. The number of hydrogen-bond donors (Lipinski definition) is 0. The minimum Gasteiger partial charge on any atom is -2.00 e. The molecule has 0 saturated heterocycles. The Bertz CT molecular complexity index is 78.9. The molecule has 0 aromatic heterocycles. The predicted octanol–water partition coefficient (Wildman–Crippen LogP) is -29.0. The molecular weight excluding hydrogens is 2990 g/mol. The van der Waals surface area contributed by atoms with Crippen LogP contribution in [-0.2, 0) is 445 Å². The van der Waals surface area contributed by atoms with Crippen molar-refractivity contribution in [3.05, 3.63) is 0 Å². The van der Waals surface area contributed by atoms with Gasteiger partial charge in [-0.25, -0.2) is 0 Å². The van der Waals surface area contributed by atoms with E-state index in [0.29, 0.717) is 0 Å². The van der Waals surface area contributed by atoms with Crippen LogP contribution in [0.4, 0.5) is 0 Å². The van der Waals surface area contributed by atoms with Crippen LogP contribution in [0.2, 0.25) is 0 Å². The van der Waals surface area contributed by atoms with Gasteiger partial charge in [-0.1, -0.05) is 0 Å². The third-order valence-electron chi connectivity index (χ3n) is 0. The van der Waals surface area contributed by atoms with Crippen LogP contribution in [-0.4, -0.2) is 11.0 Å². The molecule has 0 aliphatic heterocycles. The van der Waals surface area contributed by atoms with Crippen LogP contribution < -0.4 is 411 Å². The first kappa shape index (κ1) is 1250. The topological polar surface area (TPSA) is 1110 Å². The van der Waals surface area contributed by atoms with Crippen molar-refractivity contribution in [2.75, 3.05) is 0 Å². The van der Waals surface area contributed by atoms with Crippen molar-refractivity contribution >= 4 is 11.0 Å². The van der Waals surface area contributed by atoms with Gasteiger partial charge in [0.05, 0.1) is 0 Å². The van der Waals surface area contributed by atoms with Crippen molar-refractivity contribution in [3.8, 4) is 0 Å². The molecule has 0 heterocycles. The van der Waals surface area contributed by atoms with E-state index in [4.69, 9.17) is 0 Å². The van der Waals surface area contributed by atoms with Gasteiger partial charge in [0, 0.05) is 232 Å². The van der Waals surface area contributed by atoms with Gasteiger partial charge in [0.25, 0.3) is 0 Å². The molecule has 0 saturated carbocycles. The Morgan fingerprint density at radius 1 is 0.0678 bits per heavy atom. The Labute approximate surface area is 842 Å². The van der Waals surface area contributed by atoms with E-state index in [9.17, 15) is 0 Å². The van der Waals surface area contributed by atoms with Gasteiger partial charge in [-0.3, -0.25) is 0 Å². The second-order valence-corrected chi connectivity index (χ2v) is 0. The van der Waals surface area contributed by atoms with Gasteiger partial charge in [-0.05, 0) is 0 Å². The van der Waals surface area contributed by atoms with E-state index in [-0.39, 0.29) is 867 Å². The molecule has 0 bridgehead atoms. The molecule has 0 rings (SSSR count). The standard InChI is InChI=1S/8K.39O.Si.11W/q8*+1;39*-2;+4;;;;;;;;;;;. The van der Waals surface area contributed by atoms with E-state index >= 15 is 0 Å². The Morgan fingerprint density at radius 2 is 0.0678 bits per heavy atom. The monoisotopic (exact) mass is 2990 g/mol. The van der Waals surface area contributed by atoms with Crippen molar-refractivity contribution in [3.63, 3.8) is 0 Å². The van der Waals surface area contributed by atoms with Crippen molar-refractivity contribution in [2.24, 2.45) is 0 Å². The van der Waals surface area contributed by atoms with E-state index in [2.05, 4.69) is 0 Å². The first-order valence-corrected chi connectivity index (χ1v) is 0. The smallest absolute Gasteiger partial charge is 2.00 e. The maximum Gasteiger partial charge on any atom is 4.00 e. The van der Waals surface area contributed by atoms with Gasteiger partial charge in [-0.2, -0.15) is 0 Å². The zero-order chi connectivity index (χ0) is 0. The summed E-state index contributed by atoms with van der Waals surface area (Å²) >= 11 is 0. The fraction of sp³-hybridized carbons (Fsp3) is 0. The van der Waals surface area contributed by atoms with Gasteiger partial charge in [0.2, 0.25) is 0 Å². The van der Waals surface area contributed by atoms with E-state index in [1.165, 1.54) is 0 Å². The summed E-state index contributed by atoms with van der Waals surface area (Å²) in [5.41, 5.74) is 0. The third kappa shape index (κ3) is 1180. The van der Waals surface area contributed by atoms with Crippen LogP contribution in [0.3, 0.4) is 0 Å². The molecule has 0 N–H and O–H groups in total. The van der Waals surface area contributed by atoms with Crippen LogP contribution in [0, 0.1) is 0 Å². The molecule has 0 spiro atoms. The summed E-state index contributed by atoms with van der Waals surface area (Å²) in [6, 6.07) is 0. The molecule has 0 unspecified atom stereocenters. The van der Waals surface area contributed by atoms with Crippen molar-refractivity contribution in [2.45, 2.75) is 0 Å². The molecule has 0 atom stereocenters. The van der Waals surface area contributed by atoms with Crippen molar-refractivity contribution < 1.29 is 856 Å². The van der Waals surface area contributed by atoms with Crippen LogP contribution in [0.25, 0.3) is 0 Å². The second-order valence-electron chi connectivity index (χ2n) is 0. The number of rotatable bonds is 0. The Balaban J connectivity index is 0. The van der Waals surface area contributed by atoms with Crippen LogP contribution in [0.5, 0.6) is 0 Å². The Morgan fingerprint density at radius 3 is 0.0678 bits per heavy atom. The average molecular weight is 2990 g/mol. The summed E-state index contributed by atoms with van der Waals surface area (Å²) in [7, 11) is 0. The largest absolute Gasteiger partial charge is 4.00 e. The van der Waals surface area contributed by atoms with Gasteiger partial charge in [-0.15, -0.1) is 0 Å². The normalized spacial score (nSPS) is 0. The van der Waals surface area contributed by atoms with Crippen molar-refractivity contribution in [1.29, 1.82) is 0 Å². The molecule has 0 aliphatic rings. The third-order valence-corrected chi connectivity index (χ3v) is 0. The van der Waals surface area contributed by atoms with Gasteiger partial charge < -0.3 is 214 Å². The zero-order valence-corrected chi connectivity index (χ0v) is 87.2. The maximum atomic E-state index is 0. The Kier molecular flexibility index (Phi) is 25700. The zero-order valence-electron chi connectivity index (χ0n) is 28.9. The summed E-state index contributed by atoms with van der Waals surface area (Å²) in [4.78, 5) is 0. The summed E-state index contributed by atoms with van der Waals surface area (Å²) in [5.74, 6) is 0. The minimum absolute atomic E-state index is 0. The van der Waals surface area contributed by atoms with Crippen molar-refractivity contribution in [1.82, 2.24) is 0 Å². The average Bonchev–Trinajstić information content (AvgIpc) is 0. The molecular formula is K8O39SiW11-66. The second kappa shape index (κ2) is 1210. The van der Waals surface area contributed by atoms with Gasteiger partial charge >= 0.3 is 422 Å². The predicted molar refractivity (Wildman–Crippen MR) is 32.5 cm³/mol. The molecule has 0 aromatic rings. The van der Waals surface area contributed by atoms with Crippen LogP contribution in [0.15, 0.2) is 0 Å².